The zero-order valence-electron chi connectivity index (χ0n) is 7.72. The minimum absolute atomic E-state index is 0.135. The van der Waals surface area contributed by atoms with Crippen LogP contribution in [-0.4, -0.2) is 5.75 Å². The second-order valence-corrected chi connectivity index (χ2v) is 4.04. The van der Waals surface area contributed by atoms with E-state index in [-0.39, 0.29) is 5.82 Å². The highest BCUT2D eigenvalue weighted by Crippen LogP contribution is 2.16. The summed E-state index contributed by atoms with van der Waals surface area (Å²) in [4.78, 5) is 0. The zero-order chi connectivity index (χ0) is 9.68. The Morgan fingerprint density at radius 1 is 1.46 bits per heavy atom. The lowest BCUT2D eigenvalue weighted by Gasteiger charge is -2.03. The van der Waals surface area contributed by atoms with Crippen LogP contribution in [0.2, 0.25) is 0 Å². The van der Waals surface area contributed by atoms with Crippen molar-refractivity contribution in [2.45, 2.75) is 19.2 Å². The smallest absolute Gasteiger partial charge is 0.127 e. The lowest BCUT2D eigenvalue weighted by molar-refractivity contribution is 0.615. The molecule has 0 spiro atoms. The lowest BCUT2D eigenvalue weighted by atomic mass is 10.1. The molecule has 0 amide bonds. The first-order valence-electron chi connectivity index (χ1n) is 4.33. The molecule has 0 fully saturated rings. The lowest BCUT2D eigenvalue weighted by Crippen LogP contribution is -1.98. The van der Waals surface area contributed by atoms with Crippen molar-refractivity contribution >= 4 is 11.8 Å². The van der Waals surface area contributed by atoms with Gasteiger partial charge in [-0.1, -0.05) is 19.1 Å². The number of halogens is 1. The maximum atomic E-state index is 13.3. The Bertz CT molecular complexity index is 276. The SMILES string of the molecule is CCSCc1ccc(CN)cc1F. The summed E-state index contributed by atoms with van der Waals surface area (Å²) in [6.45, 7) is 2.47. The molecule has 0 saturated carbocycles. The van der Waals surface area contributed by atoms with Crippen molar-refractivity contribution in [1.82, 2.24) is 0 Å². The first-order valence-corrected chi connectivity index (χ1v) is 5.48. The average molecular weight is 199 g/mol. The zero-order valence-corrected chi connectivity index (χ0v) is 8.53. The van der Waals surface area contributed by atoms with Gasteiger partial charge in [-0.2, -0.15) is 11.8 Å². The molecule has 0 aliphatic heterocycles. The molecular formula is C10H14FNS. The van der Waals surface area contributed by atoms with E-state index < -0.39 is 0 Å². The van der Waals surface area contributed by atoms with Crippen LogP contribution in [0.25, 0.3) is 0 Å². The fourth-order valence-electron chi connectivity index (χ4n) is 1.05. The summed E-state index contributed by atoms with van der Waals surface area (Å²) in [6, 6.07) is 5.22. The van der Waals surface area contributed by atoms with Crippen LogP contribution in [-0.2, 0) is 12.3 Å². The van der Waals surface area contributed by atoms with Crippen LogP contribution in [0.1, 0.15) is 18.1 Å². The minimum atomic E-state index is -0.135. The highest BCUT2D eigenvalue weighted by atomic mass is 32.2. The van der Waals surface area contributed by atoms with Gasteiger partial charge in [-0.05, 0) is 22.9 Å². The summed E-state index contributed by atoms with van der Waals surface area (Å²) in [5, 5.41) is 0. The van der Waals surface area contributed by atoms with E-state index in [1.165, 1.54) is 6.07 Å². The first-order chi connectivity index (χ1) is 6.27. The standard InChI is InChI=1S/C10H14FNS/c1-2-13-7-9-4-3-8(6-12)5-10(9)11/h3-5H,2,6-7,12H2,1H3. The predicted octanol–water partition coefficient (Wildman–Crippen LogP) is 2.54. The summed E-state index contributed by atoms with van der Waals surface area (Å²) < 4.78 is 13.3. The maximum Gasteiger partial charge on any atom is 0.127 e. The van der Waals surface area contributed by atoms with Gasteiger partial charge in [-0.15, -0.1) is 0 Å². The van der Waals surface area contributed by atoms with Gasteiger partial charge in [0.1, 0.15) is 5.82 Å². The molecule has 1 nitrogen and oxygen atoms in total. The van der Waals surface area contributed by atoms with E-state index in [0.29, 0.717) is 6.54 Å². The number of nitrogens with two attached hydrogens (primary N) is 1. The molecule has 0 aliphatic rings. The van der Waals surface area contributed by atoms with Crippen molar-refractivity contribution in [3.63, 3.8) is 0 Å². The van der Waals surface area contributed by atoms with Crippen LogP contribution < -0.4 is 5.73 Å². The number of hydrogen-bond acceptors (Lipinski definition) is 2. The molecule has 0 saturated heterocycles. The third kappa shape index (κ3) is 3.01. The monoisotopic (exact) mass is 199 g/mol. The highest BCUT2D eigenvalue weighted by molar-refractivity contribution is 7.98. The molecule has 0 unspecified atom stereocenters. The van der Waals surface area contributed by atoms with Crippen LogP contribution in [0.5, 0.6) is 0 Å². The molecule has 0 aliphatic carbocycles. The second kappa shape index (κ2) is 5.25. The molecule has 1 aromatic carbocycles. The average Bonchev–Trinajstić information content (AvgIpc) is 2.16. The van der Waals surface area contributed by atoms with Gasteiger partial charge in [0.15, 0.2) is 0 Å². The molecule has 1 rings (SSSR count). The van der Waals surface area contributed by atoms with Crippen LogP contribution >= 0.6 is 11.8 Å². The normalized spacial score (nSPS) is 10.4. The summed E-state index contributed by atoms with van der Waals surface area (Å²) in [7, 11) is 0. The molecule has 0 bridgehead atoms. The molecule has 13 heavy (non-hydrogen) atoms. The van der Waals surface area contributed by atoms with Crippen LogP contribution in [0, 0.1) is 5.82 Å². The van der Waals surface area contributed by atoms with Gasteiger partial charge in [0.05, 0.1) is 0 Å². The quantitative estimate of drug-likeness (QED) is 0.806. The molecule has 2 N–H and O–H groups in total. The number of rotatable bonds is 4. The van der Waals surface area contributed by atoms with Gasteiger partial charge in [0.2, 0.25) is 0 Å². The van der Waals surface area contributed by atoms with Crippen LogP contribution in [0.3, 0.4) is 0 Å². The van der Waals surface area contributed by atoms with Gasteiger partial charge in [-0.25, -0.2) is 4.39 Å². The minimum Gasteiger partial charge on any atom is -0.326 e. The summed E-state index contributed by atoms with van der Waals surface area (Å²) in [5.74, 6) is 1.62. The van der Waals surface area contributed by atoms with E-state index in [1.807, 2.05) is 12.1 Å². The van der Waals surface area contributed by atoms with Gasteiger partial charge in [-0.3, -0.25) is 0 Å². The predicted molar refractivity (Wildman–Crippen MR) is 56.1 cm³/mol. The molecular weight excluding hydrogens is 185 g/mol. The fourth-order valence-corrected chi connectivity index (χ4v) is 1.71. The van der Waals surface area contributed by atoms with E-state index in [1.54, 1.807) is 11.8 Å². The first kappa shape index (κ1) is 10.5. The van der Waals surface area contributed by atoms with E-state index in [0.717, 1.165) is 22.6 Å². The molecule has 0 radical (unpaired) electrons. The maximum absolute atomic E-state index is 13.3. The van der Waals surface area contributed by atoms with Crippen LogP contribution in [0.4, 0.5) is 4.39 Å². The topological polar surface area (TPSA) is 26.0 Å². The van der Waals surface area contributed by atoms with Crippen molar-refractivity contribution in [2.24, 2.45) is 5.73 Å². The Balaban J connectivity index is 2.73. The third-order valence-corrected chi connectivity index (χ3v) is 2.74. The van der Waals surface area contributed by atoms with E-state index in [4.69, 9.17) is 5.73 Å². The van der Waals surface area contributed by atoms with E-state index >= 15 is 0 Å². The number of hydrogen-bond donors (Lipinski definition) is 1. The Hall–Kier alpha value is -0.540. The Kier molecular flexibility index (Phi) is 4.25. The molecule has 0 heterocycles. The number of thioether (sulfide) groups is 1. The largest absolute Gasteiger partial charge is 0.326 e. The molecule has 3 heteroatoms. The second-order valence-electron chi connectivity index (χ2n) is 2.77. The number of benzene rings is 1. The van der Waals surface area contributed by atoms with Gasteiger partial charge < -0.3 is 5.73 Å². The van der Waals surface area contributed by atoms with Crippen molar-refractivity contribution in [1.29, 1.82) is 0 Å². The summed E-state index contributed by atoms with van der Waals surface area (Å²) in [5.41, 5.74) is 7.01. The van der Waals surface area contributed by atoms with Gasteiger partial charge >= 0.3 is 0 Å². The van der Waals surface area contributed by atoms with Crippen molar-refractivity contribution in [3.8, 4) is 0 Å². The molecule has 1 aromatic rings. The van der Waals surface area contributed by atoms with E-state index in [2.05, 4.69) is 6.92 Å². The Labute approximate surface area is 82.5 Å². The third-order valence-electron chi connectivity index (χ3n) is 1.81. The molecule has 0 aromatic heterocycles. The van der Waals surface area contributed by atoms with E-state index in [9.17, 15) is 4.39 Å². The van der Waals surface area contributed by atoms with Gasteiger partial charge in [0, 0.05) is 12.3 Å². The molecule has 72 valence electrons. The fraction of sp³-hybridized carbons (Fsp3) is 0.400. The molecule has 0 atom stereocenters. The summed E-state index contributed by atoms with van der Waals surface area (Å²) in [6.07, 6.45) is 0. The van der Waals surface area contributed by atoms with Crippen molar-refractivity contribution < 1.29 is 4.39 Å². The van der Waals surface area contributed by atoms with Crippen LogP contribution in [0.15, 0.2) is 18.2 Å². The highest BCUT2D eigenvalue weighted by Gasteiger charge is 2.01. The Morgan fingerprint density at radius 2 is 2.23 bits per heavy atom. The Morgan fingerprint density at radius 3 is 2.77 bits per heavy atom. The summed E-state index contributed by atoms with van der Waals surface area (Å²) >= 11 is 1.72. The van der Waals surface area contributed by atoms with Crippen molar-refractivity contribution in [3.05, 3.63) is 35.1 Å². The van der Waals surface area contributed by atoms with Gasteiger partial charge in [0.25, 0.3) is 0 Å². The van der Waals surface area contributed by atoms with Crippen molar-refractivity contribution in [2.75, 3.05) is 5.75 Å².